The van der Waals surface area contributed by atoms with E-state index in [4.69, 9.17) is 10.5 Å². The number of ether oxygens (including phenoxy) is 1. The number of nitrogens with zero attached hydrogens (tertiary/aromatic N) is 1. The van der Waals surface area contributed by atoms with Crippen molar-refractivity contribution in [3.8, 4) is 0 Å². The normalized spacial score (nSPS) is 13.7. The molecule has 3 amide bonds. The van der Waals surface area contributed by atoms with Crippen molar-refractivity contribution in [1.29, 1.82) is 0 Å². The van der Waals surface area contributed by atoms with Crippen molar-refractivity contribution in [3.05, 3.63) is 70.8 Å². The molecule has 0 bridgehead atoms. The van der Waals surface area contributed by atoms with Gasteiger partial charge in [0.25, 0.3) is 0 Å². The van der Waals surface area contributed by atoms with Crippen molar-refractivity contribution < 1.29 is 23.9 Å². The highest BCUT2D eigenvalue weighted by molar-refractivity contribution is 6.01. The van der Waals surface area contributed by atoms with Crippen molar-refractivity contribution in [3.63, 3.8) is 0 Å². The fourth-order valence-electron chi connectivity index (χ4n) is 2.77. The number of nitrogens with two attached hydrogens (primary N) is 1. The van der Waals surface area contributed by atoms with Gasteiger partial charge in [-0.1, -0.05) is 24.3 Å². The summed E-state index contributed by atoms with van der Waals surface area (Å²) in [5.74, 6) is -1.42. The molecule has 0 spiro atoms. The van der Waals surface area contributed by atoms with Crippen LogP contribution in [0.2, 0.25) is 0 Å². The highest BCUT2D eigenvalue weighted by Gasteiger charge is 2.28. The molecule has 0 unspecified atom stereocenters. The van der Waals surface area contributed by atoms with Crippen molar-refractivity contribution in [2.75, 3.05) is 0 Å². The fourth-order valence-corrected chi connectivity index (χ4v) is 2.77. The molecular weight excluding hydrogens is 348 g/mol. The first-order valence-corrected chi connectivity index (χ1v) is 8.42. The van der Waals surface area contributed by atoms with Gasteiger partial charge in [-0.15, -0.1) is 0 Å². The van der Waals surface area contributed by atoms with Gasteiger partial charge in [0.15, 0.2) is 0 Å². The second kappa shape index (κ2) is 7.82. The first-order chi connectivity index (χ1) is 12.9. The quantitative estimate of drug-likeness (QED) is 0.620. The lowest BCUT2D eigenvalue weighted by molar-refractivity contribution is -0.139. The molecule has 7 nitrogen and oxygen atoms in total. The number of hydrogen-bond acceptors (Lipinski definition) is 5. The Morgan fingerprint density at radius 3 is 2.22 bits per heavy atom. The summed E-state index contributed by atoms with van der Waals surface area (Å²) in [6.07, 6.45) is 0.500. The smallest absolute Gasteiger partial charge is 0.338 e. The van der Waals surface area contributed by atoms with Gasteiger partial charge >= 0.3 is 5.97 Å². The van der Waals surface area contributed by atoms with E-state index in [1.165, 1.54) is 4.90 Å². The Kier molecular flexibility index (Phi) is 5.30. The van der Waals surface area contributed by atoms with Gasteiger partial charge < -0.3 is 10.5 Å². The van der Waals surface area contributed by atoms with Crippen LogP contribution in [-0.4, -0.2) is 28.6 Å². The van der Waals surface area contributed by atoms with Crippen LogP contribution in [0.15, 0.2) is 48.5 Å². The summed E-state index contributed by atoms with van der Waals surface area (Å²) in [5, 5.41) is 0. The van der Waals surface area contributed by atoms with E-state index in [-0.39, 0.29) is 37.8 Å². The molecule has 0 aliphatic carbocycles. The minimum absolute atomic E-state index is 0.0124. The second-order valence-corrected chi connectivity index (χ2v) is 6.21. The molecule has 1 fully saturated rings. The zero-order valence-electron chi connectivity index (χ0n) is 14.5. The number of benzene rings is 2. The van der Waals surface area contributed by atoms with Crippen LogP contribution in [0.1, 0.15) is 44.7 Å². The third-order valence-corrected chi connectivity index (χ3v) is 4.27. The number of hydrogen-bond donors (Lipinski definition) is 1. The Balaban J connectivity index is 1.59. The number of amides is 3. The molecule has 3 rings (SSSR count). The standard InChI is InChI=1S/C20H18N2O5/c21-19(25)16-3-1-2-14(10-16)12-27-20(26)15-6-4-13(5-7-15)11-22-17(23)8-9-18(22)24/h1-7,10H,8-9,11-12H2,(H2,21,25). The van der Waals surface area contributed by atoms with E-state index in [1.807, 2.05) is 0 Å². The summed E-state index contributed by atoms with van der Waals surface area (Å²) in [4.78, 5) is 47.9. The lowest BCUT2D eigenvalue weighted by Gasteiger charge is -2.13. The Labute approximate surface area is 155 Å². The van der Waals surface area contributed by atoms with Crippen molar-refractivity contribution in [2.24, 2.45) is 5.73 Å². The highest BCUT2D eigenvalue weighted by Crippen LogP contribution is 2.17. The fraction of sp³-hybridized carbons (Fsp3) is 0.200. The molecule has 0 atom stereocenters. The van der Waals surface area contributed by atoms with Crippen LogP contribution in [0.25, 0.3) is 0 Å². The molecule has 0 saturated carbocycles. The Bertz CT molecular complexity index is 889. The number of likely N-dealkylation sites (tertiary alicyclic amines) is 1. The number of rotatable bonds is 6. The zero-order valence-corrected chi connectivity index (χ0v) is 14.5. The van der Waals surface area contributed by atoms with Crippen LogP contribution >= 0.6 is 0 Å². The van der Waals surface area contributed by atoms with Crippen LogP contribution in [0.5, 0.6) is 0 Å². The Morgan fingerprint density at radius 2 is 1.59 bits per heavy atom. The van der Waals surface area contributed by atoms with Crippen LogP contribution in [0.3, 0.4) is 0 Å². The molecule has 2 aromatic rings. The number of esters is 1. The van der Waals surface area contributed by atoms with Crippen LogP contribution in [0.4, 0.5) is 0 Å². The minimum Gasteiger partial charge on any atom is -0.457 e. The number of primary amides is 1. The number of carbonyl (C=O) groups excluding carboxylic acids is 4. The van der Waals surface area contributed by atoms with Crippen molar-refractivity contribution >= 4 is 23.7 Å². The van der Waals surface area contributed by atoms with Gasteiger partial charge in [-0.05, 0) is 35.4 Å². The summed E-state index contributed by atoms with van der Waals surface area (Å²) in [5.41, 5.74) is 7.33. The van der Waals surface area contributed by atoms with Gasteiger partial charge in [0.05, 0.1) is 12.1 Å². The second-order valence-electron chi connectivity index (χ2n) is 6.21. The van der Waals surface area contributed by atoms with Gasteiger partial charge in [0.1, 0.15) is 6.61 Å². The minimum atomic E-state index is -0.547. The lowest BCUT2D eigenvalue weighted by atomic mass is 10.1. The van der Waals surface area contributed by atoms with Gasteiger partial charge in [0.2, 0.25) is 17.7 Å². The summed E-state index contributed by atoms with van der Waals surface area (Å²) >= 11 is 0. The van der Waals surface area contributed by atoms with Gasteiger partial charge in [0, 0.05) is 18.4 Å². The first kappa shape index (κ1) is 18.3. The van der Waals surface area contributed by atoms with Gasteiger partial charge in [-0.25, -0.2) is 4.79 Å². The molecule has 0 radical (unpaired) electrons. The predicted molar refractivity (Wildman–Crippen MR) is 95.3 cm³/mol. The maximum absolute atomic E-state index is 12.2. The molecule has 138 valence electrons. The van der Waals surface area contributed by atoms with E-state index in [0.29, 0.717) is 16.7 Å². The Hall–Kier alpha value is -3.48. The molecule has 1 heterocycles. The van der Waals surface area contributed by atoms with Crippen LogP contribution in [-0.2, 0) is 27.5 Å². The Morgan fingerprint density at radius 1 is 0.926 bits per heavy atom. The zero-order chi connectivity index (χ0) is 19.4. The first-order valence-electron chi connectivity index (χ1n) is 8.42. The average Bonchev–Trinajstić information content (AvgIpc) is 2.99. The maximum atomic E-state index is 12.2. The highest BCUT2D eigenvalue weighted by atomic mass is 16.5. The topological polar surface area (TPSA) is 107 Å². The molecule has 2 N–H and O–H groups in total. The molecule has 27 heavy (non-hydrogen) atoms. The summed E-state index contributed by atoms with van der Waals surface area (Å²) in [7, 11) is 0. The lowest BCUT2D eigenvalue weighted by Crippen LogP contribution is -2.28. The predicted octanol–water partition coefficient (Wildman–Crippen LogP) is 1.79. The SMILES string of the molecule is NC(=O)c1cccc(COC(=O)c2ccc(CN3C(=O)CCC3=O)cc2)c1. The largest absolute Gasteiger partial charge is 0.457 e. The van der Waals surface area contributed by atoms with E-state index in [1.54, 1.807) is 48.5 Å². The van der Waals surface area contributed by atoms with E-state index >= 15 is 0 Å². The summed E-state index contributed by atoms with van der Waals surface area (Å²) in [6, 6.07) is 13.1. The maximum Gasteiger partial charge on any atom is 0.338 e. The molecule has 1 aliphatic heterocycles. The summed E-state index contributed by atoms with van der Waals surface area (Å²) < 4.78 is 5.25. The summed E-state index contributed by atoms with van der Waals surface area (Å²) in [6.45, 7) is 0.214. The third-order valence-electron chi connectivity index (χ3n) is 4.27. The van der Waals surface area contributed by atoms with E-state index in [9.17, 15) is 19.2 Å². The third kappa shape index (κ3) is 4.38. The number of carbonyl (C=O) groups is 4. The van der Waals surface area contributed by atoms with Crippen LogP contribution < -0.4 is 5.73 Å². The molecular formula is C20H18N2O5. The van der Waals surface area contributed by atoms with Crippen molar-refractivity contribution in [2.45, 2.75) is 26.0 Å². The van der Waals surface area contributed by atoms with Gasteiger partial charge in [-0.3, -0.25) is 19.3 Å². The molecule has 7 heteroatoms. The van der Waals surface area contributed by atoms with Crippen LogP contribution in [0, 0.1) is 0 Å². The molecule has 0 aromatic heterocycles. The molecule has 1 saturated heterocycles. The monoisotopic (exact) mass is 366 g/mol. The van der Waals surface area contributed by atoms with E-state index < -0.39 is 11.9 Å². The number of imide groups is 1. The molecule has 1 aliphatic rings. The van der Waals surface area contributed by atoms with Gasteiger partial charge in [-0.2, -0.15) is 0 Å². The average molecular weight is 366 g/mol. The van der Waals surface area contributed by atoms with Crippen molar-refractivity contribution in [1.82, 2.24) is 4.90 Å². The van der Waals surface area contributed by atoms with E-state index in [2.05, 4.69) is 0 Å². The molecule has 2 aromatic carbocycles. The van der Waals surface area contributed by atoms with E-state index in [0.717, 1.165) is 5.56 Å².